The lowest BCUT2D eigenvalue weighted by molar-refractivity contribution is -0.0452. The van der Waals surface area contributed by atoms with Crippen LogP contribution in [0.15, 0.2) is 100 Å². The van der Waals surface area contributed by atoms with Crippen LogP contribution < -0.4 is 5.43 Å². The fraction of sp³-hybridized carbons (Fsp3) is 0.278. The topological polar surface area (TPSA) is 86.0 Å². The molecule has 2 atom stereocenters. The molecule has 1 N–H and O–H groups in total. The van der Waals surface area contributed by atoms with Crippen LogP contribution in [0, 0.1) is 0 Å². The lowest BCUT2D eigenvalue weighted by Crippen LogP contribution is -2.25. The predicted molar refractivity (Wildman–Crippen MR) is 165 cm³/mol. The molecule has 216 valence electrons. The molecule has 0 amide bonds. The predicted octanol–water partition coefficient (Wildman–Crippen LogP) is 8.45. The second-order valence-corrected chi connectivity index (χ2v) is 12.5. The van der Waals surface area contributed by atoms with E-state index in [1.54, 1.807) is 6.07 Å². The van der Waals surface area contributed by atoms with Crippen molar-refractivity contribution >= 4 is 27.9 Å². The number of carboxylic acid groups (broad SMARTS) is 1. The maximum Gasteiger partial charge on any atom is 0.335 e. The minimum atomic E-state index is -1.11. The highest BCUT2D eigenvalue weighted by atomic mass is 16.5. The molecular formula is C36H36O6. The van der Waals surface area contributed by atoms with Gasteiger partial charge in [-0.25, -0.2) is 4.79 Å². The summed E-state index contributed by atoms with van der Waals surface area (Å²) in [6.45, 7) is 12.0. The number of carbonyl (C=O) groups is 1. The molecule has 0 saturated carbocycles. The Bertz CT molecular complexity index is 1790. The Hall–Kier alpha value is -4.26. The van der Waals surface area contributed by atoms with Gasteiger partial charge in [-0.15, -0.1) is 0 Å². The van der Waals surface area contributed by atoms with Crippen LogP contribution in [0.5, 0.6) is 0 Å². The van der Waals surface area contributed by atoms with Crippen LogP contribution >= 0.6 is 0 Å². The van der Waals surface area contributed by atoms with Gasteiger partial charge in [0.05, 0.1) is 27.5 Å². The summed E-state index contributed by atoms with van der Waals surface area (Å²) in [5.41, 5.74) is 2.65. The van der Waals surface area contributed by atoms with Crippen molar-refractivity contribution in [3.05, 3.63) is 129 Å². The van der Waals surface area contributed by atoms with Gasteiger partial charge in [0.1, 0.15) is 23.4 Å². The average Bonchev–Trinajstić information content (AvgIpc) is 2.94. The molecule has 6 heteroatoms. The first-order chi connectivity index (χ1) is 19.8. The van der Waals surface area contributed by atoms with Gasteiger partial charge in [-0.2, -0.15) is 0 Å². The van der Waals surface area contributed by atoms with Gasteiger partial charge in [-0.1, -0.05) is 60.7 Å². The molecule has 0 bridgehead atoms. The lowest BCUT2D eigenvalue weighted by atomic mass is 9.91. The van der Waals surface area contributed by atoms with Crippen LogP contribution in [0.25, 0.3) is 21.9 Å². The highest BCUT2D eigenvalue weighted by Crippen LogP contribution is 2.40. The van der Waals surface area contributed by atoms with Gasteiger partial charge in [-0.3, -0.25) is 4.79 Å². The summed E-state index contributed by atoms with van der Waals surface area (Å²) in [7, 11) is 0. The van der Waals surface area contributed by atoms with Crippen molar-refractivity contribution in [3.8, 4) is 0 Å². The van der Waals surface area contributed by atoms with E-state index in [2.05, 4.69) is 0 Å². The number of fused-ring (bicyclic) bond motifs is 2. The normalized spacial score (nSPS) is 13.8. The van der Waals surface area contributed by atoms with Gasteiger partial charge in [0.15, 0.2) is 0 Å². The molecule has 0 radical (unpaired) electrons. The third-order valence-electron chi connectivity index (χ3n) is 6.80. The quantitative estimate of drug-likeness (QED) is 0.200. The minimum Gasteiger partial charge on any atom is -0.478 e. The molecule has 5 aromatic rings. The second-order valence-electron chi connectivity index (χ2n) is 12.5. The van der Waals surface area contributed by atoms with E-state index in [4.69, 9.17) is 13.9 Å². The first kappa shape index (κ1) is 29.2. The monoisotopic (exact) mass is 564 g/mol. The first-order valence-corrected chi connectivity index (χ1v) is 14.0. The molecule has 0 aliphatic rings. The number of benzene rings is 4. The Kier molecular flexibility index (Phi) is 7.80. The fourth-order valence-corrected chi connectivity index (χ4v) is 5.09. The number of rotatable bonds is 7. The standard InChI is InChI=1S/C36H36O6/c1-35(2,3)41-31(22-13-9-7-10-14-22)25-20-27-30(37)26-19-24(34(38)39)17-18-29(26)40-33(27)28(21-25)32(42-36(4,5)6)23-15-11-8-12-16-23/h7-21,31-32H,1-6H3,(H,38,39). The third kappa shape index (κ3) is 6.30. The maximum atomic E-state index is 14.1. The van der Waals surface area contributed by atoms with Crippen molar-refractivity contribution in [2.24, 2.45) is 0 Å². The van der Waals surface area contributed by atoms with Crippen LogP contribution in [0.1, 0.15) is 86.4 Å². The molecule has 2 unspecified atom stereocenters. The zero-order chi connectivity index (χ0) is 30.2. The van der Waals surface area contributed by atoms with E-state index in [1.165, 1.54) is 18.2 Å². The molecule has 0 aliphatic heterocycles. The largest absolute Gasteiger partial charge is 0.478 e. The van der Waals surface area contributed by atoms with E-state index in [1.807, 2.05) is 108 Å². The zero-order valence-corrected chi connectivity index (χ0v) is 24.8. The van der Waals surface area contributed by atoms with Crippen molar-refractivity contribution in [3.63, 3.8) is 0 Å². The molecule has 42 heavy (non-hydrogen) atoms. The van der Waals surface area contributed by atoms with Crippen LogP contribution in [-0.4, -0.2) is 22.3 Å². The van der Waals surface area contributed by atoms with Crippen molar-refractivity contribution in [2.45, 2.75) is 65.0 Å². The molecule has 4 aromatic carbocycles. The summed E-state index contributed by atoms with van der Waals surface area (Å²) in [6.07, 6.45) is -1.07. The number of aromatic carboxylic acids is 1. The van der Waals surface area contributed by atoms with Crippen LogP contribution in [-0.2, 0) is 9.47 Å². The van der Waals surface area contributed by atoms with E-state index in [0.29, 0.717) is 22.1 Å². The Balaban J connectivity index is 1.88. The van der Waals surface area contributed by atoms with Crippen molar-refractivity contribution in [1.29, 1.82) is 0 Å². The number of hydrogen-bond donors (Lipinski definition) is 1. The van der Waals surface area contributed by atoms with Gasteiger partial charge >= 0.3 is 5.97 Å². The number of ether oxygens (including phenoxy) is 2. The van der Waals surface area contributed by atoms with Gasteiger partial charge in [0.2, 0.25) is 5.43 Å². The van der Waals surface area contributed by atoms with Crippen LogP contribution in [0.2, 0.25) is 0 Å². The molecule has 0 spiro atoms. The van der Waals surface area contributed by atoms with E-state index >= 15 is 0 Å². The number of hydrogen-bond acceptors (Lipinski definition) is 5. The van der Waals surface area contributed by atoms with Crippen LogP contribution in [0.4, 0.5) is 0 Å². The highest BCUT2D eigenvalue weighted by molar-refractivity contribution is 5.97. The summed E-state index contributed by atoms with van der Waals surface area (Å²) in [4.78, 5) is 25.8. The average molecular weight is 565 g/mol. The lowest BCUT2D eigenvalue weighted by Gasteiger charge is -2.31. The molecule has 0 aliphatic carbocycles. The molecule has 0 saturated heterocycles. The first-order valence-electron chi connectivity index (χ1n) is 14.0. The Labute approximate surface area is 245 Å². The summed E-state index contributed by atoms with van der Waals surface area (Å²) in [6, 6.07) is 27.9. The zero-order valence-electron chi connectivity index (χ0n) is 24.8. The summed E-state index contributed by atoms with van der Waals surface area (Å²) < 4.78 is 19.7. The van der Waals surface area contributed by atoms with Gasteiger partial charge in [0.25, 0.3) is 0 Å². The van der Waals surface area contributed by atoms with E-state index < -0.39 is 29.4 Å². The summed E-state index contributed by atoms with van der Waals surface area (Å²) in [5.74, 6) is -1.11. The number of carboxylic acids is 1. The van der Waals surface area contributed by atoms with E-state index in [0.717, 1.165) is 16.7 Å². The Morgan fingerprint density at radius 3 is 1.79 bits per heavy atom. The Morgan fingerprint density at radius 1 is 0.690 bits per heavy atom. The van der Waals surface area contributed by atoms with E-state index in [-0.39, 0.29) is 16.4 Å². The van der Waals surface area contributed by atoms with Gasteiger partial charge < -0.3 is 19.0 Å². The molecule has 1 heterocycles. The smallest absolute Gasteiger partial charge is 0.335 e. The minimum absolute atomic E-state index is 0.0157. The van der Waals surface area contributed by atoms with Crippen LogP contribution in [0.3, 0.4) is 0 Å². The third-order valence-corrected chi connectivity index (χ3v) is 6.80. The summed E-state index contributed by atoms with van der Waals surface area (Å²) >= 11 is 0. The summed E-state index contributed by atoms with van der Waals surface area (Å²) in [5, 5.41) is 10.1. The molecule has 6 nitrogen and oxygen atoms in total. The van der Waals surface area contributed by atoms with Crippen molar-refractivity contribution in [1.82, 2.24) is 0 Å². The molecule has 1 aromatic heterocycles. The Morgan fingerprint density at radius 2 is 1.24 bits per heavy atom. The fourth-order valence-electron chi connectivity index (χ4n) is 5.09. The molecular weight excluding hydrogens is 528 g/mol. The van der Waals surface area contributed by atoms with E-state index in [9.17, 15) is 14.7 Å². The molecule has 0 fully saturated rings. The van der Waals surface area contributed by atoms with Crippen molar-refractivity contribution in [2.75, 3.05) is 0 Å². The highest BCUT2D eigenvalue weighted by Gasteiger charge is 2.30. The molecule has 5 rings (SSSR count). The van der Waals surface area contributed by atoms with Crippen molar-refractivity contribution < 1.29 is 23.8 Å². The van der Waals surface area contributed by atoms with Gasteiger partial charge in [-0.05, 0) is 88.6 Å². The SMILES string of the molecule is CC(C)(C)OC(c1ccccc1)c1cc(C(OC(C)(C)C)c2ccccc2)c2oc3ccc(C(=O)O)cc3c(=O)c2c1. The second kappa shape index (κ2) is 11.2. The maximum absolute atomic E-state index is 14.1. The van der Waals surface area contributed by atoms with Gasteiger partial charge in [0, 0.05) is 5.56 Å².